The summed E-state index contributed by atoms with van der Waals surface area (Å²) < 4.78 is 19.3. The monoisotopic (exact) mass is 324 g/mol. The van der Waals surface area contributed by atoms with Crippen LogP contribution in [0.15, 0.2) is 59.1 Å². The maximum absolute atomic E-state index is 13.7. The summed E-state index contributed by atoms with van der Waals surface area (Å²) in [7, 11) is 0. The topological polar surface area (TPSA) is 55.1 Å². The van der Waals surface area contributed by atoms with Gasteiger partial charge < -0.3 is 9.73 Å². The van der Waals surface area contributed by atoms with E-state index in [1.54, 1.807) is 18.2 Å². The van der Waals surface area contributed by atoms with E-state index in [1.807, 2.05) is 31.2 Å². The average Bonchev–Trinajstić information content (AvgIpc) is 3.04. The lowest BCUT2D eigenvalue weighted by Gasteiger charge is -2.04. The van der Waals surface area contributed by atoms with Gasteiger partial charge in [-0.1, -0.05) is 29.8 Å². The summed E-state index contributed by atoms with van der Waals surface area (Å²) in [6.45, 7) is 1.99. The number of oxazole rings is 1. The molecule has 0 aliphatic carbocycles. The van der Waals surface area contributed by atoms with Crippen molar-refractivity contribution in [1.29, 1.82) is 0 Å². The number of anilines is 1. The Kier molecular flexibility index (Phi) is 4.70. The van der Waals surface area contributed by atoms with Crippen molar-refractivity contribution < 1.29 is 13.6 Å². The van der Waals surface area contributed by atoms with Gasteiger partial charge in [-0.05, 0) is 31.2 Å². The van der Waals surface area contributed by atoms with Crippen molar-refractivity contribution in [2.75, 3.05) is 5.32 Å². The molecular weight excluding hydrogens is 307 g/mol. The predicted molar refractivity (Wildman–Crippen MR) is 90.0 cm³/mol. The fourth-order valence-electron chi connectivity index (χ4n) is 2.29. The Labute approximate surface area is 139 Å². The van der Waals surface area contributed by atoms with Gasteiger partial charge in [0.25, 0.3) is 0 Å². The molecule has 5 heteroatoms. The molecule has 3 rings (SSSR count). The number of hydrogen-bond donors (Lipinski definition) is 1. The van der Waals surface area contributed by atoms with Crippen LogP contribution in [0.25, 0.3) is 11.3 Å². The number of aryl methyl sites for hydroxylation is 2. The molecule has 0 saturated heterocycles. The molecule has 0 bridgehead atoms. The fraction of sp³-hybridized carbons (Fsp3) is 0.158. The van der Waals surface area contributed by atoms with E-state index in [0.717, 1.165) is 11.3 Å². The molecule has 1 amide bonds. The summed E-state index contributed by atoms with van der Waals surface area (Å²) in [6, 6.07) is 13.9. The summed E-state index contributed by atoms with van der Waals surface area (Å²) >= 11 is 0. The van der Waals surface area contributed by atoms with Gasteiger partial charge in [0.2, 0.25) is 5.91 Å². The first-order valence-corrected chi connectivity index (χ1v) is 7.68. The fourth-order valence-corrected chi connectivity index (χ4v) is 2.29. The molecule has 1 N–H and O–H groups in total. The third kappa shape index (κ3) is 3.87. The van der Waals surface area contributed by atoms with Crippen LogP contribution in [-0.2, 0) is 11.2 Å². The highest BCUT2D eigenvalue weighted by molar-refractivity contribution is 5.90. The van der Waals surface area contributed by atoms with Gasteiger partial charge in [-0.2, -0.15) is 0 Å². The van der Waals surface area contributed by atoms with Crippen LogP contribution in [0.1, 0.15) is 17.9 Å². The Morgan fingerprint density at radius 2 is 1.92 bits per heavy atom. The number of hydrogen-bond acceptors (Lipinski definition) is 3. The summed E-state index contributed by atoms with van der Waals surface area (Å²) in [5, 5.41) is 2.82. The summed E-state index contributed by atoms with van der Waals surface area (Å²) in [5.74, 6) is 0.288. The van der Waals surface area contributed by atoms with Crippen LogP contribution in [0.2, 0.25) is 0 Å². The number of carbonyl (C=O) groups is 1. The number of benzene rings is 2. The maximum atomic E-state index is 13.7. The second-order valence-corrected chi connectivity index (χ2v) is 5.51. The molecule has 4 nitrogen and oxygen atoms in total. The molecule has 0 saturated carbocycles. The van der Waals surface area contributed by atoms with Crippen molar-refractivity contribution in [2.24, 2.45) is 0 Å². The van der Waals surface area contributed by atoms with Crippen molar-refractivity contribution in [3.63, 3.8) is 0 Å². The number of halogens is 1. The SMILES string of the molecule is Cc1ccc(NC(=O)CCc2ncc(-c3ccccc3F)o2)cc1. The quantitative estimate of drug-likeness (QED) is 0.758. The van der Waals surface area contributed by atoms with Crippen LogP contribution < -0.4 is 5.32 Å². The number of rotatable bonds is 5. The molecule has 1 aromatic heterocycles. The third-order valence-corrected chi connectivity index (χ3v) is 3.59. The Morgan fingerprint density at radius 1 is 1.17 bits per heavy atom. The Morgan fingerprint density at radius 3 is 2.67 bits per heavy atom. The highest BCUT2D eigenvalue weighted by atomic mass is 19.1. The van der Waals surface area contributed by atoms with E-state index in [2.05, 4.69) is 10.3 Å². The molecule has 0 atom stereocenters. The smallest absolute Gasteiger partial charge is 0.224 e. The van der Waals surface area contributed by atoms with Gasteiger partial charge in [0.05, 0.1) is 11.8 Å². The summed E-state index contributed by atoms with van der Waals surface area (Å²) in [4.78, 5) is 16.1. The lowest BCUT2D eigenvalue weighted by atomic mass is 10.2. The van der Waals surface area contributed by atoms with Crippen molar-refractivity contribution in [3.8, 4) is 11.3 Å². The number of aromatic nitrogens is 1. The second-order valence-electron chi connectivity index (χ2n) is 5.51. The van der Waals surface area contributed by atoms with Gasteiger partial charge in [0.1, 0.15) is 5.82 Å². The van der Waals surface area contributed by atoms with Crippen molar-refractivity contribution in [3.05, 3.63) is 72.0 Å². The van der Waals surface area contributed by atoms with Crippen LogP contribution in [0.3, 0.4) is 0 Å². The standard InChI is InChI=1S/C19H17FN2O2/c1-13-6-8-14(9-7-13)22-18(23)10-11-19-21-12-17(24-19)15-4-2-3-5-16(15)20/h2-9,12H,10-11H2,1H3,(H,22,23). The molecule has 1 heterocycles. The number of carbonyl (C=O) groups excluding carboxylic acids is 1. The van der Waals surface area contributed by atoms with Crippen LogP contribution in [0.5, 0.6) is 0 Å². The molecular formula is C19H17FN2O2. The minimum absolute atomic E-state index is 0.121. The zero-order chi connectivity index (χ0) is 16.9. The highest BCUT2D eigenvalue weighted by Crippen LogP contribution is 2.23. The summed E-state index contributed by atoms with van der Waals surface area (Å²) in [6.07, 6.45) is 2.07. The molecule has 0 aliphatic heterocycles. The third-order valence-electron chi connectivity index (χ3n) is 3.59. The first-order chi connectivity index (χ1) is 11.6. The molecule has 24 heavy (non-hydrogen) atoms. The normalized spacial score (nSPS) is 10.6. The first-order valence-electron chi connectivity index (χ1n) is 7.68. The Balaban J connectivity index is 1.58. The highest BCUT2D eigenvalue weighted by Gasteiger charge is 2.11. The molecule has 0 spiro atoms. The van der Waals surface area contributed by atoms with E-state index in [1.165, 1.54) is 12.3 Å². The number of amides is 1. The van der Waals surface area contributed by atoms with Gasteiger partial charge in [0.15, 0.2) is 11.7 Å². The molecule has 0 aliphatic rings. The average molecular weight is 324 g/mol. The van der Waals surface area contributed by atoms with E-state index >= 15 is 0 Å². The van der Waals surface area contributed by atoms with E-state index in [-0.39, 0.29) is 18.1 Å². The van der Waals surface area contributed by atoms with E-state index in [0.29, 0.717) is 23.6 Å². The van der Waals surface area contributed by atoms with Crippen LogP contribution in [0, 0.1) is 12.7 Å². The van der Waals surface area contributed by atoms with Gasteiger partial charge in [0, 0.05) is 18.5 Å². The minimum atomic E-state index is -0.364. The van der Waals surface area contributed by atoms with Gasteiger partial charge in [-0.3, -0.25) is 4.79 Å². The first kappa shape index (κ1) is 15.9. The van der Waals surface area contributed by atoms with E-state index in [4.69, 9.17) is 4.42 Å². The van der Waals surface area contributed by atoms with Crippen LogP contribution >= 0.6 is 0 Å². The summed E-state index contributed by atoms with van der Waals surface area (Å²) in [5.41, 5.74) is 2.25. The van der Waals surface area contributed by atoms with Gasteiger partial charge in [-0.25, -0.2) is 9.37 Å². The number of nitrogens with zero attached hydrogens (tertiary/aromatic N) is 1. The predicted octanol–water partition coefficient (Wildman–Crippen LogP) is 4.36. The van der Waals surface area contributed by atoms with Crippen LogP contribution in [0.4, 0.5) is 10.1 Å². The maximum Gasteiger partial charge on any atom is 0.224 e. The van der Waals surface area contributed by atoms with Crippen molar-refractivity contribution in [2.45, 2.75) is 19.8 Å². The molecule has 2 aromatic carbocycles. The van der Waals surface area contributed by atoms with Crippen LogP contribution in [-0.4, -0.2) is 10.9 Å². The molecule has 0 unspecified atom stereocenters. The van der Waals surface area contributed by atoms with Crippen molar-refractivity contribution >= 4 is 11.6 Å². The molecule has 3 aromatic rings. The van der Waals surface area contributed by atoms with E-state index in [9.17, 15) is 9.18 Å². The lowest BCUT2D eigenvalue weighted by molar-refractivity contribution is -0.116. The Hall–Kier alpha value is -2.95. The van der Waals surface area contributed by atoms with Gasteiger partial charge >= 0.3 is 0 Å². The minimum Gasteiger partial charge on any atom is -0.441 e. The molecule has 0 fully saturated rings. The Bertz CT molecular complexity index is 841. The van der Waals surface area contributed by atoms with E-state index < -0.39 is 0 Å². The molecule has 0 radical (unpaired) electrons. The zero-order valence-corrected chi connectivity index (χ0v) is 13.3. The largest absolute Gasteiger partial charge is 0.441 e. The molecule has 122 valence electrons. The zero-order valence-electron chi connectivity index (χ0n) is 13.3. The van der Waals surface area contributed by atoms with Gasteiger partial charge in [-0.15, -0.1) is 0 Å². The van der Waals surface area contributed by atoms with Crippen molar-refractivity contribution in [1.82, 2.24) is 4.98 Å². The number of nitrogens with one attached hydrogen (secondary N) is 1. The second kappa shape index (κ2) is 7.08. The lowest BCUT2D eigenvalue weighted by Crippen LogP contribution is -2.12.